The van der Waals surface area contributed by atoms with Crippen LogP contribution in [-0.4, -0.2) is 43.4 Å². The Labute approximate surface area is 177 Å². The van der Waals surface area contributed by atoms with Crippen molar-refractivity contribution in [2.45, 2.75) is 25.8 Å². The summed E-state index contributed by atoms with van der Waals surface area (Å²) in [5.74, 6) is 1.30. The maximum Gasteiger partial charge on any atom is 0.262 e. The molecular formula is C21H20N6O3S. The molecule has 0 saturated heterocycles. The average Bonchev–Trinajstić information content (AvgIpc) is 3.29. The second kappa shape index (κ2) is 7.02. The molecule has 5 aromatic rings. The first-order valence-electron chi connectivity index (χ1n) is 9.85. The Kier molecular flexibility index (Phi) is 4.40. The molecule has 10 heteroatoms. The Morgan fingerprint density at radius 3 is 2.35 bits per heavy atom. The minimum absolute atomic E-state index is 0.115. The standard InChI is InChI=1S/C21H20N6O3S/c1-3-25-20(28)14-8-4-6-10-16(14)27-18(23-24-21(25)27)12-26-17-11-7-5-9-15(17)22-19(26)13-31(2,29)30/h4-11H,3,12-13H2,1-2H3. The number of aryl methyl sites for hydroxylation is 1. The molecule has 158 valence electrons. The van der Waals surface area contributed by atoms with Crippen molar-refractivity contribution < 1.29 is 8.42 Å². The molecule has 0 aliphatic carbocycles. The van der Waals surface area contributed by atoms with E-state index in [4.69, 9.17) is 0 Å². The van der Waals surface area contributed by atoms with E-state index in [1.165, 1.54) is 6.26 Å². The van der Waals surface area contributed by atoms with E-state index in [0.717, 1.165) is 5.52 Å². The SMILES string of the molecule is CCn1c(=O)c2ccccc2n2c(Cn3c(CS(C)(=O)=O)nc4ccccc43)nnc12. The molecule has 0 atom stereocenters. The Morgan fingerprint density at radius 1 is 0.903 bits per heavy atom. The second-order valence-electron chi connectivity index (χ2n) is 7.49. The van der Waals surface area contributed by atoms with Crippen molar-refractivity contribution in [2.24, 2.45) is 0 Å². The summed E-state index contributed by atoms with van der Waals surface area (Å²) in [6.45, 7) is 2.61. The van der Waals surface area contributed by atoms with Gasteiger partial charge in [0.2, 0.25) is 5.78 Å². The van der Waals surface area contributed by atoms with E-state index in [2.05, 4.69) is 15.2 Å². The number of sulfone groups is 1. The number of hydrogen-bond acceptors (Lipinski definition) is 6. The lowest BCUT2D eigenvalue weighted by Gasteiger charge is -2.11. The molecule has 31 heavy (non-hydrogen) atoms. The third-order valence-electron chi connectivity index (χ3n) is 5.32. The summed E-state index contributed by atoms with van der Waals surface area (Å²) < 4.78 is 29.3. The fourth-order valence-electron chi connectivity index (χ4n) is 3.99. The van der Waals surface area contributed by atoms with Crippen molar-refractivity contribution >= 4 is 37.6 Å². The van der Waals surface area contributed by atoms with Crippen molar-refractivity contribution in [1.29, 1.82) is 0 Å². The maximum atomic E-state index is 12.9. The zero-order valence-electron chi connectivity index (χ0n) is 17.1. The lowest BCUT2D eigenvalue weighted by molar-refractivity contribution is 0.597. The van der Waals surface area contributed by atoms with Gasteiger partial charge in [0.1, 0.15) is 11.6 Å². The first-order valence-corrected chi connectivity index (χ1v) is 11.9. The van der Waals surface area contributed by atoms with Gasteiger partial charge in [0.25, 0.3) is 5.56 Å². The maximum absolute atomic E-state index is 12.9. The van der Waals surface area contributed by atoms with E-state index in [1.807, 2.05) is 58.4 Å². The summed E-state index contributed by atoms with van der Waals surface area (Å²) in [5.41, 5.74) is 2.12. The van der Waals surface area contributed by atoms with Crippen LogP contribution in [0.15, 0.2) is 53.3 Å². The fourth-order valence-corrected chi connectivity index (χ4v) is 4.68. The van der Waals surface area contributed by atoms with Gasteiger partial charge in [-0.3, -0.25) is 13.8 Å². The van der Waals surface area contributed by atoms with Gasteiger partial charge in [0.05, 0.1) is 28.5 Å². The highest BCUT2D eigenvalue weighted by Gasteiger charge is 2.20. The largest absolute Gasteiger partial charge is 0.319 e. The summed E-state index contributed by atoms with van der Waals surface area (Å²) in [6.07, 6.45) is 1.19. The molecule has 5 rings (SSSR count). The van der Waals surface area contributed by atoms with E-state index in [-0.39, 0.29) is 17.9 Å². The lowest BCUT2D eigenvalue weighted by atomic mass is 10.2. The number of fused-ring (bicyclic) bond motifs is 4. The van der Waals surface area contributed by atoms with Crippen LogP contribution < -0.4 is 5.56 Å². The first-order chi connectivity index (χ1) is 14.9. The van der Waals surface area contributed by atoms with Gasteiger partial charge in [-0.1, -0.05) is 24.3 Å². The molecule has 0 radical (unpaired) electrons. The first kappa shape index (κ1) is 19.4. The predicted molar refractivity (Wildman–Crippen MR) is 118 cm³/mol. The molecule has 0 bridgehead atoms. The van der Waals surface area contributed by atoms with Gasteiger partial charge in [-0.25, -0.2) is 13.4 Å². The van der Waals surface area contributed by atoms with Crippen molar-refractivity contribution in [3.63, 3.8) is 0 Å². The molecule has 9 nitrogen and oxygen atoms in total. The predicted octanol–water partition coefficient (Wildman–Crippen LogP) is 2.01. The minimum Gasteiger partial charge on any atom is -0.319 e. The van der Waals surface area contributed by atoms with Crippen LogP contribution in [0, 0.1) is 0 Å². The van der Waals surface area contributed by atoms with Crippen molar-refractivity contribution in [1.82, 2.24) is 28.7 Å². The number of imidazole rings is 1. The Bertz CT molecular complexity index is 1630. The van der Waals surface area contributed by atoms with Gasteiger partial charge in [0.15, 0.2) is 15.7 Å². The Hall–Kier alpha value is -3.53. The van der Waals surface area contributed by atoms with Crippen molar-refractivity contribution in [3.8, 4) is 0 Å². The van der Waals surface area contributed by atoms with Gasteiger partial charge in [-0.2, -0.15) is 0 Å². The van der Waals surface area contributed by atoms with E-state index >= 15 is 0 Å². The van der Waals surface area contributed by atoms with Gasteiger partial charge >= 0.3 is 0 Å². The van der Waals surface area contributed by atoms with Crippen molar-refractivity contribution in [2.75, 3.05) is 6.26 Å². The van der Waals surface area contributed by atoms with Gasteiger partial charge in [-0.15, -0.1) is 10.2 Å². The Balaban J connectivity index is 1.78. The molecule has 0 amide bonds. The number of aromatic nitrogens is 6. The third-order valence-corrected chi connectivity index (χ3v) is 6.10. The summed E-state index contributed by atoms with van der Waals surface area (Å²) in [4.78, 5) is 17.4. The minimum atomic E-state index is -3.29. The number of benzene rings is 2. The summed E-state index contributed by atoms with van der Waals surface area (Å²) >= 11 is 0. The Morgan fingerprint density at radius 2 is 1.61 bits per heavy atom. The van der Waals surface area contributed by atoms with Gasteiger partial charge in [0, 0.05) is 12.8 Å². The van der Waals surface area contributed by atoms with Crippen LogP contribution in [-0.2, 0) is 28.7 Å². The van der Waals surface area contributed by atoms with Crippen LogP contribution >= 0.6 is 0 Å². The zero-order valence-corrected chi connectivity index (χ0v) is 17.9. The van der Waals surface area contributed by atoms with Crippen molar-refractivity contribution in [3.05, 3.63) is 70.5 Å². The molecule has 0 aliphatic rings. The summed E-state index contributed by atoms with van der Waals surface area (Å²) in [7, 11) is -3.29. The van der Waals surface area contributed by atoms with E-state index in [0.29, 0.717) is 40.4 Å². The molecule has 0 unspecified atom stereocenters. The normalized spacial score (nSPS) is 12.3. The highest BCUT2D eigenvalue weighted by molar-refractivity contribution is 7.89. The summed E-state index contributed by atoms with van der Waals surface area (Å²) in [5, 5.41) is 9.23. The number of nitrogens with zero attached hydrogens (tertiary/aromatic N) is 6. The van der Waals surface area contributed by atoms with Crippen LogP contribution in [0.4, 0.5) is 0 Å². The van der Waals surface area contributed by atoms with Gasteiger partial charge in [-0.05, 0) is 31.2 Å². The molecule has 2 aromatic carbocycles. The zero-order chi connectivity index (χ0) is 21.8. The molecule has 0 saturated carbocycles. The number of para-hydroxylation sites is 3. The highest BCUT2D eigenvalue weighted by atomic mass is 32.2. The van der Waals surface area contributed by atoms with E-state index in [9.17, 15) is 13.2 Å². The summed E-state index contributed by atoms with van der Waals surface area (Å²) in [6, 6.07) is 14.8. The van der Waals surface area contributed by atoms with Crippen LogP contribution in [0.25, 0.3) is 27.7 Å². The number of rotatable bonds is 5. The van der Waals surface area contributed by atoms with Crippen LogP contribution in [0.1, 0.15) is 18.6 Å². The molecule has 3 heterocycles. The molecule has 0 spiro atoms. The van der Waals surface area contributed by atoms with Crippen LogP contribution in [0.5, 0.6) is 0 Å². The topological polar surface area (TPSA) is 104 Å². The molecule has 0 aliphatic heterocycles. The quantitative estimate of drug-likeness (QED) is 0.417. The second-order valence-corrected chi connectivity index (χ2v) is 9.63. The smallest absolute Gasteiger partial charge is 0.262 e. The van der Waals surface area contributed by atoms with Gasteiger partial charge < -0.3 is 4.57 Å². The fraction of sp³-hybridized carbons (Fsp3) is 0.238. The highest BCUT2D eigenvalue weighted by Crippen LogP contribution is 2.21. The molecule has 0 fully saturated rings. The molecule has 3 aromatic heterocycles. The van der Waals surface area contributed by atoms with Crippen LogP contribution in [0.3, 0.4) is 0 Å². The average molecular weight is 436 g/mol. The number of hydrogen-bond donors (Lipinski definition) is 0. The third kappa shape index (κ3) is 3.19. The molecular weight excluding hydrogens is 416 g/mol. The van der Waals surface area contributed by atoms with E-state index in [1.54, 1.807) is 10.6 Å². The molecule has 0 N–H and O–H groups in total. The lowest BCUT2D eigenvalue weighted by Crippen LogP contribution is -2.23. The monoisotopic (exact) mass is 436 g/mol. The van der Waals surface area contributed by atoms with E-state index < -0.39 is 9.84 Å². The van der Waals surface area contributed by atoms with Crippen LogP contribution in [0.2, 0.25) is 0 Å².